The molecule has 4 atom stereocenters. The molecule has 3 N–H and O–H groups in total. The molecule has 1 fully saturated rings. The Morgan fingerprint density at radius 1 is 1.53 bits per heavy atom. The standard InChI is InChI=1S/C11H14N4O4/c1-5-8(17)6(2-16)19-11(5)15-4-14-7-9(15)12-3-13-10(7)18/h3-6,8,11,16-17H,2H2,1H3,(H,12,13,18). The van der Waals surface area contributed by atoms with Crippen LogP contribution in [0.4, 0.5) is 0 Å². The number of aromatic amines is 1. The van der Waals surface area contributed by atoms with Crippen LogP contribution in [0.5, 0.6) is 0 Å². The predicted octanol–water partition coefficient (Wildman–Crippen LogP) is -0.994. The van der Waals surface area contributed by atoms with Crippen LogP contribution in [0.2, 0.25) is 0 Å². The Morgan fingerprint density at radius 3 is 3.00 bits per heavy atom. The molecule has 0 saturated carbocycles. The lowest BCUT2D eigenvalue weighted by Gasteiger charge is -2.17. The van der Waals surface area contributed by atoms with Gasteiger partial charge in [0.1, 0.15) is 12.3 Å². The molecule has 1 aliphatic rings. The Hall–Kier alpha value is -1.77. The molecule has 102 valence electrons. The van der Waals surface area contributed by atoms with Gasteiger partial charge in [0.2, 0.25) is 0 Å². The highest BCUT2D eigenvalue weighted by atomic mass is 16.5. The number of hydrogen-bond acceptors (Lipinski definition) is 6. The molecule has 0 bridgehead atoms. The number of H-pyrrole nitrogens is 1. The van der Waals surface area contributed by atoms with Gasteiger partial charge in [-0.15, -0.1) is 0 Å². The fourth-order valence-electron chi connectivity index (χ4n) is 2.41. The van der Waals surface area contributed by atoms with Gasteiger partial charge < -0.3 is 19.9 Å². The molecule has 1 saturated heterocycles. The van der Waals surface area contributed by atoms with Gasteiger partial charge in [-0.3, -0.25) is 9.36 Å². The van der Waals surface area contributed by atoms with E-state index in [1.54, 1.807) is 4.57 Å². The van der Waals surface area contributed by atoms with Crippen LogP contribution in [-0.2, 0) is 4.74 Å². The first kappa shape index (κ1) is 12.3. The topological polar surface area (TPSA) is 113 Å². The molecule has 2 aromatic heterocycles. The van der Waals surface area contributed by atoms with E-state index in [0.717, 1.165) is 0 Å². The summed E-state index contributed by atoms with van der Waals surface area (Å²) in [5.74, 6) is -0.240. The Kier molecular flexibility index (Phi) is 2.85. The van der Waals surface area contributed by atoms with Crippen molar-refractivity contribution in [2.24, 2.45) is 5.92 Å². The van der Waals surface area contributed by atoms with Crippen molar-refractivity contribution in [3.63, 3.8) is 0 Å². The zero-order chi connectivity index (χ0) is 13.6. The van der Waals surface area contributed by atoms with Gasteiger partial charge in [0.05, 0.1) is 25.4 Å². The summed E-state index contributed by atoms with van der Waals surface area (Å²) in [6, 6.07) is 0. The highest BCUT2D eigenvalue weighted by Gasteiger charge is 2.42. The van der Waals surface area contributed by atoms with E-state index in [9.17, 15) is 9.90 Å². The molecule has 0 aliphatic carbocycles. The lowest BCUT2D eigenvalue weighted by Crippen LogP contribution is -2.28. The smallest absolute Gasteiger partial charge is 0.278 e. The van der Waals surface area contributed by atoms with Crippen LogP contribution in [0.1, 0.15) is 13.2 Å². The number of aromatic nitrogens is 4. The highest BCUT2D eigenvalue weighted by Crippen LogP contribution is 2.35. The van der Waals surface area contributed by atoms with Gasteiger partial charge in [-0.05, 0) is 0 Å². The fraction of sp³-hybridized carbons (Fsp3) is 0.545. The molecule has 1 aliphatic heterocycles. The number of nitrogens with zero attached hydrogens (tertiary/aromatic N) is 3. The maximum absolute atomic E-state index is 11.6. The average Bonchev–Trinajstić information content (AvgIpc) is 2.94. The first-order valence-corrected chi connectivity index (χ1v) is 5.98. The SMILES string of the molecule is CC1C(O)C(CO)OC1n1cnc2c(=O)[nH]cnc21. The van der Waals surface area contributed by atoms with E-state index in [1.807, 2.05) is 6.92 Å². The van der Waals surface area contributed by atoms with Gasteiger partial charge in [0.25, 0.3) is 5.56 Å². The van der Waals surface area contributed by atoms with E-state index in [1.165, 1.54) is 12.7 Å². The van der Waals surface area contributed by atoms with Crippen LogP contribution in [0, 0.1) is 5.92 Å². The molecule has 19 heavy (non-hydrogen) atoms. The minimum atomic E-state index is -0.769. The quantitative estimate of drug-likeness (QED) is 0.643. The minimum absolute atomic E-state index is 0.222. The summed E-state index contributed by atoms with van der Waals surface area (Å²) < 4.78 is 7.20. The third-order valence-electron chi connectivity index (χ3n) is 3.50. The Labute approximate surface area is 107 Å². The van der Waals surface area contributed by atoms with Gasteiger partial charge in [-0.25, -0.2) is 9.97 Å². The maximum atomic E-state index is 11.6. The van der Waals surface area contributed by atoms with Crippen LogP contribution in [0.15, 0.2) is 17.4 Å². The average molecular weight is 266 g/mol. The normalized spacial score (nSPS) is 31.1. The molecular weight excluding hydrogens is 252 g/mol. The molecule has 0 aromatic carbocycles. The van der Waals surface area contributed by atoms with Crippen molar-refractivity contribution in [3.05, 3.63) is 23.0 Å². The molecule has 0 radical (unpaired) electrons. The highest BCUT2D eigenvalue weighted by molar-refractivity contribution is 5.68. The number of rotatable bonds is 2. The van der Waals surface area contributed by atoms with E-state index in [-0.39, 0.29) is 23.6 Å². The minimum Gasteiger partial charge on any atom is -0.394 e. The third-order valence-corrected chi connectivity index (χ3v) is 3.50. The van der Waals surface area contributed by atoms with Gasteiger partial charge in [0.15, 0.2) is 11.2 Å². The van der Waals surface area contributed by atoms with Crippen molar-refractivity contribution in [3.8, 4) is 0 Å². The van der Waals surface area contributed by atoms with Crippen molar-refractivity contribution < 1.29 is 14.9 Å². The van der Waals surface area contributed by atoms with Crippen LogP contribution < -0.4 is 5.56 Å². The second-order valence-corrected chi connectivity index (χ2v) is 4.65. The van der Waals surface area contributed by atoms with Crippen molar-refractivity contribution in [2.75, 3.05) is 6.61 Å². The number of ether oxygens (including phenoxy) is 1. The Bertz CT molecular complexity index is 651. The van der Waals surface area contributed by atoms with E-state index in [4.69, 9.17) is 9.84 Å². The molecule has 8 nitrogen and oxygen atoms in total. The molecule has 8 heteroatoms. The summed E-state index contributed by atoms with van der Waals surface area (Å²) in [4.78, 5) is 22.1. The molecule has 0 spiro atoms. The van der Waals surface area contributed by atoms with Crippen LogP contribution in [-0.4, -0.2) is 48.5 Å². The number of fused-ring (bicyclic) bond motifs is 1. The van der Waals surface area contributed by atoms with Gasteiger partial charge >= 0.3 is 0 Å². The fourth-order valence-corrected chi connectivity index (χ4v) is 2.41. The Balaban J connectivity index is 2.06. The lowest BCUT2D eigenvalue weighted by atomic mass is 10.0. The monoisotopic (exact) mass is 266 g/mol. The predicted molar refractivity (Wildman–Crippen MR) is 64.3 cm³/mol. The maximum Gasteiger partial charge on any atom is 0.278 e. The summed E-state index contributed by atoms with van der Waals surface area (Å²) >= 11 is 0. The molecule has 0 amide bonds. The molecule has 3 heterocycles. The largest absolute Gasteiger partial charge is 0.394 e. The summed E-state index contributed by atoms with van der Waals surface area (Å²) in [6.07, 6.45) is 0.837. The van der Waals surface area contributed by atoms with E-state index < -0.39 is 18.4 Å². The van der Waals surface area contributed by atoms with Crippen LogP contribution in [0.25, 0.3) is 11.2 Å². The van der Waals surface area contributed by atoms with E-state index in [0.29, 0.717) is 5.65 Å². The van der Waals surface area contributed by atoms with E-state index in [2.05, 4.69) is 15.0 Å². The molecule has 3 rings (SSSR count). The zero-order valence-electron chi connectivity index (χ0n) is 10.2. The summed E-state index contributed by atoms with van der Waals surface area (Å²) in [6.45, 7) is 1.55. The van der Waals surface area contributed by atoms with Crippen molar-refractivity contribution >= 4 is 11.2 Å². The third kappa shape index (κ3) is 1.76. The first-order chi connectivity index (χ1) is 9.13. The second kappa shape index (κ2) is 4.41. The number of aliphatic hydroxyl groups excluding tert-OH is 2. The van der Waals surface area contributed by atoms with Gasteiger partial charge in [0, 0.05) is 5.92 Å². The molecule has 2 aromatic rings. The second-order valence-electron chi connectivity index (χ2n) is 4.65. The van der Waals surface area contributed by atoms with Gasteiger partial charge in [-0.2, -0.15) is 0 Å². The summed E-state index contributed by atoms with van der Waals surface area (Å²) in [7, 11) is 0. The number of hydrogen-bond donors (Lipinski definition) is 3. The lowest BCUT2D eigenvalue weighted by molar-refractivity contribution is -0.0447. The zero-order valence-corrected chi connectivity index (χ0v) is 10.2. The number of nitrogens with one attached hydrogen (secondary N) is 1. The van der Waals surface area contributed by atoms with Crippen molar-refractivity contribution in [2.45, 2.75) is 25.4 Å². The molecular formula is C11H14N4O4. The van der Waals surface area contributed by atoms with Crippen molar-refractivity contribution in [1.82, 2.24) is 19.5 Å². The first-order valence-electron chi connectivity index (χ1n) is 5.98. The number of aliphatic hydroxyl groups is 2. The van der Waals surface area contributed by atoms with Crippen LogP contribution in [0.3, 0.4) is 0 Å². The van der Waals surface area contributed by atoms with Crippen LogP contribution >= 0.6 is 0 Å². The number of imidazole rings is 1. The Morgan fingerprint density at radius 2 is 2.32 bits per heavy atom. The summed E-state index contributed by atoms with van der Waals surface area (Å²) in [5, 5.41) is 19.1. The van der Waals surface area contributed by atoms with E-state index >= 15 is 0 Å². The van der Waals surface area contributed by atoms with Gasteiger partial charge in [-0.1, -0.05) is 6.92 Å². The van der Waals surface area contributed by atoms with Crippen molar-refractivity contribution in [1.29, 1.82) is 0 Å². The summed E-state index contributed by atoms with van der Waals surface area (Å²) in [5.41, 5.74) is 0.292. The molecule has 4 unspecified atom stereocenters.